The molecule has 0 amide bonds. The summed E-state index contributed by atoms with van der Waals surface area (Å²) < 4.78 is 115. The quantitative estimate of drug-likeness (QED) is 0.293. The predicted molar refractivity (Wildman–Crippen MR) is 75.1 cm³/mol. The third-order valence-electron chi connectivity index (χ3n) is 3.34. The minimum atomic E-state index is -6.80. The van der Waals surface area contributed by atoms with E-state index in [-0.39, 0.29) is 6.42 Å². The van der Waals surface area contributed by atoms with Crippen molar-refractivity contribution in [1.82, 2.24) is 0 Å². The molecule has 0 saturated heterocycles. The Morgan fingerprint density at radius 1 is 0.833 bits per heavy atom. The van der Waals surface area contributed by atoms with Crippen LogP contribution < -0.4 is 0 Å². The van der Waals surface area contributed by atoms with Crippen molar-refractivity contribution in [3.8, 4) is 0 Å². The molecule has 11 heteroatoms. The number of halogens is 10. The molecule has 1 heterocycles. The fraction of sp³-hybridized carbons (Fsp3) is 0.692. The van der Waals surface area contributed by atoms with Gasteiger partial charge in [0.1, 0.15) is 0 Å². The summed E-state index contributed by atoms with van der Waals surface area (Å²) in [7, 11) is 0. The van der Waals surface area contributed by atoms with Crippen LogP contribution in [0.5, 0.6) is 0 Å². The molecule has 0 spiro atoms. The van der Waals surface area contributed by atoms with Gasteiger partial charge in [-0.15, -0.1) is 11.3 Å². The number of unbranched alkanes of at least 4 members (excludes halogenated alkanes) is 2. The Morgan fingerprint density at radius 3 is 1.88 bits per heavy atom. The molecule has 0 aliphatic heterocycles. The smallest absolute Gasteiger partial charge is 0.200 e. The molecule has 0 fully saturated rings. The van der Waals surface area contributed by atoms with Crippen LogP contribution in [0.25, 0.3) is 0 Å². The zero-order valence-corrected chi connectivity index (χ0v) is 14.3. The first-order valence-electron chi connectivity index (χ1n) is 6.66. The van der Waals surface area contributed by atoms with Gasteiger partial charge in [0.2, 0.25) is 0 Å². The van der Waals surface area contributed by atoms with E-state index >= 15 is 0 Å². The number of alkyl halides is 9. The van der Waals surface area contributed by atoms with Crippen LogP contribution in [0.3, 0.4) is 0 Å². The van der Waals surface area contributed by atoms with E-state index in [4.69, 9.17) is 0 Å². The van der Waals surface area contributed by atoms with E-state index in [9.17, 15) is 39.5 Å². The first-order valence-corrected chi connectivity index (χ1v) is 8.33. The Balaban J connectivity index is 2.57. The summed E-state index contributed by atoms with van der Waals surface area (Å²) in [6.07, 6.45) is -8.36. The summed E-state index contributed by atoms with van der Waals surface area (Å²) in [6, 6.07) is 1.77. The van der Waals surface area contributed by atoms with Crippen molar-refractivity contribution >= 4 is 27.3 Å². The molecule has 24 heavy (non-hydrogen) atoms. The van der Waals surface area contributed by atoms with Crippen molar-refractivity contribution in [3.05, 3.63) is 20.8 Å². The topological polar surface area (TPSA) is 0 Å². The Labute approximate surface area is 144 Å². The highest BCUT2D eigenvalue weighted by molar-refractivity contribution is 9.11. The maximum Gasteiger partial charge on any atom is 0.460 e. The Kier molecular flexibility index (Phi) is 6.68. The monoisotopic (exact) mass is 450 g/mol. The molecule has 0 radical (unpaired) electrons. The lowest BCUT2D eigenvalue weighted by molar-refractivity contribution is -0.396. The number of hydrogen-bond donors (Lipinski definition) is 0. The Bertz CT molecular complexity index is 536. The lowest BCUT2D eigenvalue weighted by Gasteiger charge is -2.33. The van der Waals surface area contributed by atoms with Gasteiger partial charge >= 0.3 is 23.9 Å². The molecule has 1 aromatic heterocycles. The summed E-state index contributed by atoms with van der Waals surface area (Å²) in [5.74, 6) is -18.8. The third-order valence-corrected chi connectivity index (χ3v) is 5.15. The van der Waals surface area contributed by atoms with E-state index in [0.29, 0.717) is 12.8 Å². The maximum atomic E-state index is 13.3. The van der Waals surface area contributed by atoms with Crippen molar-refractivity contribution in [2.75, 3.05) is 0 Å². The molecule has 0 N–H and O–H groups in total. The summed E-state index contributed by atoms with van der Waals surface area (Å²) in [5, 5.41) is 1.77. The van der Waals surface area contributed by atoms with Gasteiger partial charge in [0.05, 0.1) is 3.79 Å². The Morgan fingerprint density at radius 2 is 1.42 bits per heavy atom. The largest absolute Gasteiger partial charge is 0.460 e. The lowest BCUT2D eigenvalue weighted by atomic mass is 9.98. The summed E-state index contributed by atoms with van der Waals surface area (Å²) >= 11 is 4.63. The number of rotatable bonds is 8. The van der Waals surface area contributed by atoms with Gasteiger partial charge in [-0.25, -0.2) is 0 Å². The zero-order valence-electron chi connectivity index (χ0n) is 11.9. The second-order valence-electron chi connectivity index (χ2n) is 5.13. The van der Waals surface area contributed by atoms with E-state index in [1.165, 1.54) is 11.3 Å². The first kappa shape index (κ1) is 21.6. The van der Waals surface area contributed by atoms with Gasteiger partial charge < -0.3 is 0 Å². The van der Waals surface area contributed by atoms with Crippen LogP contribution in [-0.4, -0.2) is 23.9 Å². The van der Waals surface area contributed by atoms with Crippen molar-refractivity contribution in [2.24, 2.45) is 0 Å². The number of hydrogen-bond acceptors (Lipinski definition) is 1. The number of thiophene rings is 1. The molecule has 1 rings (SSSR count). The molecule has 0 aliphatic rings. The van der Waals surface area contributed by atoms with Crippen molar-refractivity contribution in [1.29, 1.82) is 0 Å². The maximum absolute atomic E-state index is 13.3. The predicted octanol–water partition coefficient (Wildman–Crippen LogP) is 7.08. The van der Waals surface area contributed by atoms with Crippen LogP contribution in [0, 0.1) is 0 Å². The summed E-state index contributed by atoms with van der Waals surface area (Å²) in [4.78, 5) is 0. The molecule has 0 bridgehead atoms. The molecule has 0 aromatic carbocycles. The second-order valence-corrected chi connectivity index (χ2v) is 7.37. The van der Waals surface area contributed by atoms with Crippen LogP contribution >= 0.6 is 27.3 Å². The molecule has 0 atom stereocenters. The van der Waals surface area contributed by atoms with Gasteiger partial charge in [0.25, 0.3) is 0 Å². The third kappa shape index (κ3) is 4.39. The number of aryl methyl sites for hydroxylation is 1. The highest BCUT2D eigenvalue weighted by atomic mass is 79.9. The SMILES string of the molecule is FC(F)(F)C(F)(F)C(F)(F)C(F)(F)CCCCCc1ccsc1Br. The van der Waals surface area contributed by atoms with Crippen LogP contribution in [0.4, 0.5) is 39.5 Å². The van der Waals surface area contributed by atoms with Gasteiger partial charge in [-0.05, 0) is 52.2 Å². The Hall–Kier alpha value is -0.450. The lowest BCUT2D eigenvalue weighted by Crippen LogP contribution is -2.60. The molecule has 0 nitrogen and oxygen atoms in total. The minimum absolute atomic E-state index is 0.00839. The second kappa shape index (κ2) is 7.43. The van der Waals surface area contributed by atoms with E-state index in [1.807, 2.05) is 0 Å². The fourth-order valence-corrected chi connectivity index (χ4v) is 3.23. The molecule has 0 aliphatic carbocycles. The fourth-order valence-electron chi connectivity index (χ4n) is 1.90. The van der Waals surface area contributed by atoms with Crippen molar-refractivity contribution < 1.29 is 39.5 Å². The molecule has 0 unspecified atom stereocenters. The van der Waals surface area contributed by atoms with Gasteiger partial charge in [0.15, 0.2) is 0 Å². The normalized spacial score (nSPS) is 14.2. The molecular weight excluding hydrogens is 439 g/mol. The van der Waals surface area contributed by atoms with E-state index in [0.717, 1.165) is 9.35 Å². The average molecular weight is 451 g/mol. The average Bonchev–Trinajstić information content (AvgIpc) is 2.82. The van der Waals surface area contributed by atoms with Crippen molar-refractivity contribution in [3.63, 3.8) is 0 Å². The van der Waals surface area contributed by atoms with Gasteiger partial charge in [-0.2, -0.15) is 39.5 Å². The highest BCUT2D eigenvalue weighted by Gasteiger charge is 2.81. The van der Waals surface area contributed by atoms with E-state index in [1.54, 1.807) is 11.4 Å². The van der Waals surface area contributed by atoms with Crippen molar-refractivity contribution in [2.45, 2.75) is 56.0 Å². The van der Waals surface area contributed by atoms with Crippen LogP contribution in [0.15, 0.2) is 15.2 Å². The van der Waals surface area contributed by atoms with Crippen LogP contribution in [0.1, 0.15) is 31.2 Å². The molecule has 140 valence electrons. The minimum Gasteiger partial charge on any atom is -0.200 e. The summed E-state index contributed by atoms with van der Waals surface area (Å²) in [6.45, 7) is 0. The van der Waals surface area contributed by atoms with Crippen LogP contribution in [0.2, 0.25) is 0 Å². The zero-order chi connectivity index (χ0) is 18.8. The van der Waals surface area contributed by atoms with E-state index < -0.39 is 36.8 Å². The highest BCUT2D eigenvalue weighted by Crippen LogP contribution is 2.54. The first-order chi connectivity index (χ1) is 10.7. The van der Waals surface area contributed by atoms with Gasteiger partial charge in [0, 0.05) is 6.42 Å². The molecule has 1 aromatic rings. The standard InChI is InChI=1S/C13H12BrF9S/c14-9-8(5-7-24-9)4-2-1-3-6-10(15,16)11(17,18)12(19,20)13(21,22)23/h5,7H,1-4,6H2. The van der Waals surface area contributed by atoms with Crippen LogP contribution in [-0.2, 0) is 6.42 Å². The molecular formula is C13H12BrF9S. The van der Waals surface area contributed by atoms with Gasteiger partial charge in [-0.1, -0.05) is 6.42 Å². The summed E-state index contributed by atoms with van der Waals surface area (Å²) in [5.41, 5.74) is 0.876. The van der Waals surface area contributed by atoms with E-state index in [2.05, 4.69) is 15.9 Å². The van der Waals surface area contributed by atoms with Gasteiger partial charge in [-0.3, -0.25) is 0 Å². The molecule has 0 saturated carbocycles.